The van der Waals surface area contributed by atoms with Crippen LogP contribution in [0.15, 0.2) is 42.5 Å². The monoisotopic (exact) mass is 547 g/mol. The van der Waals surface area contributed by atoms with Crippen LogP contribution in [0.1, 0.15) is 54.2 Å². The molecule has 2 heterocycles. The molecular formula is C30H35N2O6Si. The number of rotatable bonds is 5. The van der Waals surface area contributed by atoms with E-state index < -0.39 is 26.0 Å². The van der Waals surface area contributed by atoms with Gasteiger partial charge in [0.1, 0.15) is 17.6 Å². The van der Waals surface area contributed by atoms with E-state index in [0.717, 1.165) is 36.4 Å². The maximum atomic E-state index is 13.2. The summed E-state index contributed by atoms with van der Waals surface area (Å²) in [5.74, 6) is 1.64. The number of carbonyl (C=O) groups is 1. The summed E-state index contributed by atoms with van der Waals surface area (Å²) >= 11 is 0. The number of nitrogens with zero attached hydrogens (tertiary/aromatic N) is 2. The number of nitro benzene ring substituents is 1. The van der Waals surface area contributed by atoms with Crippen molar-refractivity contribution in [3.8, 4) is 11.5 Å². The summed E-state index contributed by atoms with van der Waals surface area (Å²) in [7, 11) is 1.20. The average molecular weight is 548 g/mol. The zero-order chi connectivity index (χ0) is 27.9. The molecule has 0 amide bonds. The quantitative estimate of drug-likeness (QED) is 0.167. The van der Waals surface area contributed by atoms with Crippen molar-refractivity contribution in [2.75, 3.05) is 13.6 Å². The van der Waals surface area contributed by atoms with E-state index in [2.05, 4.69) is 58.0 Å². The van der Waals surface area contributed by atoms with Gasteiger partial charge in [0, 0.05) is 46.2 Å². The fraction of sp³-hybridized carbons (Fsp3) is 0.500. The predicted octanol–water partition coefficient (Wildman–Crippen LogP) is 5.19. The average Bonchev–Trinajstić information content (AvgIpc) is 3.21. The van der Waals surface area contributed by atoms with E-state index in [1.165, 1.54) is 35.4 Å². The van der Waals surface area contributed by atoms with Gasteiger partial charge in [-0.05, 0) is 69.2 Å². The fourth-order valence-electron chi connectivity index (χ4n) is 7.17. The van der Waals surface area contributed by atoms with Crippen LogP contribution >= 0.6 is 0 Å². The Morgan fingerprint density at radius 2 is 1.92 bits per heavy atom. The Labute approximate surface area is 230 Å². The molecule has 2 bridgehead atoms. The zero-order valence-corrected chi connectivity index (χ0v) is 24.3. The normalized spacial score (nSPS) is 28.6. The topological polar surface area (TPSA) is 91.1 Å². The van der Waals surface area contributed by atoms with Gasteiger partial charge >= 0.3 is 5.97 Å². The van der Waals surface area contributed by atoms with E-state index in [0.29, 0.717) is 6.04 Å². The summed E-state index contributed by atoms with van der Waals surface area (Å²) in [5.41, 5.74) is 3.36. The lowest BCUT2D eigenvalue weighted by Crippen LogP contribution is -2.65. The minimum absolute atomic E-state index is 0.0658. The molecule has 205 valence electrons. The lowest BCUT2D eigenvalue weighted by molar-refractivity contribution is -0.384. The highest BCUT2D eigenvalue weighted by Crippen LogP contribution is 2.64. The number of nitro groups is 1. The van der Waals surface area contributed by atoms with Crippen LogP contribution in [0.3, 0.4) is 0 Å². The molecule has 39 heavy (non-hydrogen) atoms. The molecule has 0 unspecified atom stereocenters. The van der Waals surface area contributed by atoms with Crippen LogP contribution in [0.2, 0.25) is 13.1 Å². The Morgan fingerprint density at radius 3 is 2.56 bits per heavy atom. The van der Waals surface area contributed by atoms with E-state index in [4.69, 9.17) is 13.9 Å². The Bertz CT molecular complexity index is 1380. The number of non-ortho nitro benzene ring substituents is 1. The molecule has 2 aliphatic carbocycles. The predicted molar refractivity (Wildman–Crippen MR) is 149 cm³/mol. The van der Waals surface area contributed by atoms with Gasteiger partial charge in [0.2, 0.25) is 0 Å². The number of benzene rings is 2. The second-order valence-corrected chi connectivity index (χ2v) is 14.6. The van der Waals surface area contributed by atoms with Crippen molar-refractivity contribution in [2.45, 2.75) is 75.8 Å². The van der Waals surface area contributed by atoms with Crippen LogP contribution in [-0.4, -0.2) is 56.7 Å². The summed E-state index contributed by atoms with van der Waals surface area (Å²) in [6.45, 7) is 11.9. The number of likely N-dealkylation sites (tertiary alicyclic amines) is 1. The Morgan fingerprint density at radius 1 is 1.21 bits per heavy atom. The molecule has 0 saturated carbocycles. The largest absolute Gasteiger partial charge is 0.542 e. The van der Waals surface area contributed by atoms with Gasteiger partial charge < -0.3 is 18.8 Å². The standard InChI is InChI=1S/C30H35N2O6Si/c1-29(2,3)21-16-24(38-39(5)6)19-15-22-20-11-12-23(36-28(33)17-7-9-18(10-8-17)32(34)35)27-30(20,13-14-31(22)4)25(19)26(21)37-27/h7-12,16,20,22-23,27H,13-15H2,1-6H3/t20-,22+,23-,27-,30-/m0/s1. The van der Waals surface area contributed by atoms with Crippen LogP contribution in [0, 0.1) is 16.0 Å². The summed E-state index contributed by atoms with van der Waals surface area (Å²) < 4.78 is 19.6. The van der Waals surface area contributed by atoms with Crippen LogP contribution in [-0.2, 0) is 22.0 Å². The third kappa shape index (κ3) is 3.92. The minimum Gasteiger partial charge on any atom is -0.542 e. The SMILES string of the molecule is CN1CC[C@]23c4c5c(O[Si](C)C)cc(C(C)(C)C)c4O[C@H]2[C@@H](OC(=O)c2ccc([N+](=O)[O-])cc2)C=C[C@H]3[C@H]1C5. The molecule has 8 nitrogen and oxygen atoms in total. The third-order valence-corrected chi connectivity index (χ3v) is 9.54. The van der Waals surface area contributed by atoms with Crippen molar-refractivity contribution >= 4 is 20.7 Å². The lowest BCUT2D eigenvalue weighted by Gasteiger charge is -2.56. The first-order valence-electron chi connectivity index (χ1n) is 13.6. The van der Waals surface area contributed by atoms with Gasteiger partial charge in [-0.2, -0.15) is 0 Å². The lowest BCUT2D eigenvalue weighted by atomic mass is 9.53. The summed E-state index contributed by atoms with van der Waals surface area (Å²) in [6.07, 6.45) is 5.09. The van der Waals surface area contributed by atoms with Gasteiger partial charge in [0.25, 0.3) is 14.7 Å². The van der Waals surface area contributed by atoms with Crippen molar-refractivity contribution < 1.29 is 23.6 Å². The molecule has 2 aromatic rings. The van der Waals surface area contributed by atoms with Crippen LogP contribution in [0.4, 0.5) is 5.69 Å². The van der Waals surface area contributed by atoms with Crippen LogP contribution in [0.25, 0.3) is 0 Å². The zero-order valence-electron chi connectivity index (χ0n) is 23.3. The number of ether oxygens (including phenoxy) is 2. The molecule has 6 rings (SSSR count). The maximum absolute atomic E-state index is 13.2. The molecule has 9 heteroatoms. The first kappa shape index (κ1) is 26.1. The molecule has 0 aromatic heterocycles. The second-order valence-electron chi connectivity index (χ2n) is 12.5. The Balaban J connectivity index is 1.46. The molecule has 1 saturated heterocycles. The number of hydrogen-bond acceptors (Lipinski definition) is 7. The molecule has 5 atom stereocenters. The molecule has 2 aromatic carbocycles. The number of hydrogen-bond donors (Lipinski definition) is 0. The van der Waals surface area contributed by atoms with Crippen molar-refractivity contribution in [1.29, 1.82) is 0 Å². The van der Waals surface area contributed by atoms with E-state index >= 15 is 0 Å². The molecule has 0 N–H and O–H groups in total. The van der Waals surface area contributed by atoms with Crippen LogP contribution in [0.5, 0.6) is 11.5 Å². The highest BCUT2D eigenvalue weighted by molar-refractivity contribution is 6.49. The van der Waals surface area contributed by atoms with Gasteiger partial charge in [-0.1, -0.05) is 26.8 Å². The van der Waals surface area contributed by atoms with Gasteiger partial charge in [0.05, 0.1) is 10.5 Å². The number of carbonyl (C=O) groups excluding carboxylic acids is 1. The maximum Gasteiger partial charge on any atom is 0.338 e. The number of esters is 1. The third-order valence-electron chi connectivity index (χ3n) is 8.92. The highest BCUT2D eigenvalue weighted by atomic mass is 28.3. The van der Waals surface area contributed by atoms with Gasteiger partial charge in [-0.15, -0.1) is 0 Å². The van der Waals surface area contributed by atoms with Crippen molar-refractivity contribution in [2.24, 2.45) is 5.92 Å². The smallest absolute Gasteiger partial charge is 0.338 e. The minimum atomic E-state index is -0.992. The van der Waals surface area contributed by atoms with Crippen molar-refractivity contribution in [3.05, 3.63) is 74.9 Å². The fourth-order valence-corrected chi connectivity index (χ4v) is 7.79. The Hall–Kier alpha value is -3.17. The number of likely N-dealkylation sites (N-methyl/N-ethyl adjacent to an activating group) is 1. The second kappa shape index (κ2) is 8.92. The molecule has 1 fully saturated rings. The first-order valence-corrected chi connectivity index (χ1v) is 16.0. The van der Waals surface area contributed by atoms with Gasteiger partial charge in [-0.25, -0.2) is 4.79 Å². The highest BCUT2D eigenvalue weighted by Gasteiger charge is 2.65. The molecule has 1 radical (unpaired) electrons. The molecule has 2 aliphatic heterocycles. The van der Waals surface area contributed by atoms with Crippen LogP contribution < -0.4 is 9.16 Å². The van der Waals surface area contributed by atoms with E-state index in [1.54, 1.807) is 0 Å². The van der Waals surface area contributed by atoms with Crippen molar-refractivity contribution in [1.82, 2.24) is 4.90 Å². The van der Waals surface area contributed by atoms with E-state index in [1.807, 2.05) is 6.08 Å². The van der Waals surface area contributed by atoms with Gasteiger partial charge in [-0.3, -0.25) is 10.1 Å². The number of piperidine rings is 1. The molecule has 4 aliphatic rings. The van der Waals surface area contributed by atoms with Crippen molar-refractivity contribution in [3.63, 3.8) is 0 Å². The van der Waals surface area contributed by atoms with E-state index in [-0.39, 0.29) is 34.1 Å². The Kier molecular flexibility index (Phi) is 5.97. The first-order chi connectivity index (χ1) is 18.4. The van der Waals surface area contributed by atoms with Gasteiger partial charge in [0.15, 0.2) is 6.10 Å². The summed E-state index contributed by atoms with van der Waals surface area (Å²) in [4.78, 5) is 26.3. The summed E-state index contributed by atoms with van der Waals surface area (Å²) in [5, 5.41) is 11.1. The molecular weight excluding hydrogens is 512 g/mol. The van der Waals surface area contributed by atoms with E-state index in [9.17, 15) is 14.9 Å². The summed E-state index contributed by atoms with van der Waals surface area (Å²) in [6, 6.07) is 8.04. The molecule has 1 spiro atoms.